The van der Waals surface area contributed by atoms with E-state index in [1.807, 2.05) is 6.92 Å². The van der Waals surface area contributed by atoms with Crippen LogP contribution in [0.2, 0.25) is 5.02 Å². The number of nitrogens with one attached hydrogen (secondary N) is 1. The van der Waals surface area contributed by atoms with E-state index in [-0.39, 0.29) is 11.3 Å². The fourth-order valence-corrected chi connectivity index (χ4v) is 1.82. The van der Waals surface area contributed by atoms with Gasteiger partial charge in [0.1, 0.15) is 0 Å². The number of hydrogen-bond acceptors (Lipinski definition) is 3. The highest BCUT2D eigenvalue weighted by molar-refractivity contribution is 6.31. The third-order valence-electron chi connectivity index (χ3n) is 2.75. The molecule has 0 fully saturated rings. The Morgan fingerprint density at radius 1 is 1.25 bits per heavy atom. The maximum absolute atomic E-state index is 12.0. The summed E-state index contributed by atoms with van der Waals surface area (Å²) in [5, 5.41) is 13.9. The number of carbonyl (C=O) groups is 1. The molecule has 1 N–H and O–H groups in total. The summed E-state index contributed by atoms with van der Waals surface area (Å²) < 4.78 is 0. The maximum atomic E-state index is 12.0. The molecular formula is C14H11ClN2O3. The number of rotatable bonds is 3. The Labute approximate surface area is 120 Å². The summed E-state index contributed by atoms with van der Waals surface area (Å²) in [7, 11) is 0. The summed E-state index contributed by atoms with van der Waals surface area (Å²) in [4.78, 5) is 22.1. The molecule has 0 radical (unpaired) electrons. The predicted molar refractivity (Wildman–Crippen MR) is 77.2 cm³/mol. The van der Waals surface area contributed by atoms with Crippen LogP contribution in [-0.4, -0.2) is 10.8 Å². The SMILES string of the molecule is Cc1ccc(NC(=O)c2cccc([N+](=O)[O-])c2)cc1Cl. The van der Waals surface area contributed by atoms with Crippen LogP contribution < -0.4 is 5.32 Å². The Balaban J connectivity index is 2.21. The molecule has 0 spiro atoms. The standard InChI is InChI=1S/C14H11ClN2O3/c1-9-5-6-11(8-13(9)15)16-14(18)10-3-2-4-12(7-10)17(19)20/h2-8H,1H3,(H,16,18). The zero-order valence-electron chi connectivity index (χ0n) is 10.6. The van der Waals surface area contributed by atoms with Crippen LogP contribution in [0, 0.1) is 17.0 Å². The van der Waals surface area contributed by atoms with Crippen molar-refractivity contribution >= 4 is 28.9 Å². The van der Waals surface area contributed by atoms with E-state index in [1.165, 1.54) is 24.3 Å². The average Bonchev–Trinajstić information content (AvgIpc) is 2.43. The average molecular weight is 291 g/mol. The second-order valence-corrected chi connectivity index (χ2v) is 4.63. The Bertz CT molecular complexity index is 686. The van der Waals surface area contributed by atoms with Gasteiger partial charge in [0, 0.05) is 28.4 Å². The summed E-state index contributed by atoms with van der Waals surface area (Å²) >= 11 is 5.97. The lowest BCUT2D eigenvalue weighted by molar-refractivity contribution is -0.384. The molecule has 5 nitrogen and oxygen atoms in total. The van der Waals surface area contributed by atoms with E-state index in [1.54, 1.807) is 18.2 Å². The van der Waals surface area contributed by atoms with Crippen LogP contribution in [0.25, 0.3) is 0 Å². The van der Waals surface area contributed by atoms with E-state index in [2.05, 4.69) is 5.32 Å². The van der Waals surface area contributed by atoms with Crippen LogP contribution in [0.15, 0.2) is 42.5 Å². The second kappa shape index (κ2) is 5.71. The van der Waals surface area contributed by atoms with Gasteiger partial charge in [0.15, 0.2) is 0 Å². The van der Waals surface area contributed by atoms with Crippen molar-refractivity contribution in [1.29, 1.82) is 0 Å². The number of aryl methyl sites for hydroxylation is 1. The molecule has 6 heteroatoms. The van der Waals surface area contributed by atoms with Crippen molar-refractivity contribution in [2.75, 3.05) is 5.32 Å². The minimum absolute atomic E-state index is 0.125. The highest BCUT2D eigenvalue weighted by Gasteiger charge is 2.11. The molecule has 0 aromatic heterocycles. The Morgan fingerprint density at radius 3 is 2.65 bits per heavy atom. The van der Waals surface area contributed by atoms with Crippen molar-refractivity contribution in [1.82, 2.24) is 0 Å². The smallest absolute Gasteiger partial charge is 0.270 e. The first kappa shape index (κ1) is 14.0. The molecule has 2 rings (SSSR count). The second-order valence-electron chi connectivity index (χ2n) is 4.23. The number of amides is 1. The van der Waals surface area contributed by atoms with Gasteiger partial charge in [-0.2, -0.15) is 0 Å². The number of nitro benzene ring substituents is 1. The van der Waals surface area contributed by atoms with Crippen molar-refractivity contribution < 1.29 is 9.72 Å². The van der Waals surface area contributed by atoms with E-state index in [9.17, 15) is 14.9 Å². The summed E-state index contributed by atoms with van der Waals surface area (Å²) in [6.45, 7) is 1.86. The van der Waals surface area contributed by atoms with Gasteiger partial charge in [0.05, 0.1) is 4.92 Å². The lowest BCUT2D eigenvalue weighted by Gasteiger charge is -2.06. The zero-order chi connectivity index (χ0) is 14.7. The van der Waals surface area contributed by atoms with E-state index < -0.39 is 10.8 Å². The minimum Gasteiger partial charge on any atom is -0.322 e. The summed E-state index contributed by atoms with van der Waals surface area (Å²) in [5.41, 5.74) is 1.53. The lowest BCUT2D eigenvalue weighted by Crippen LogP contribution is -2.12. The predicted octanol–water partition coefficient (Wildman–Crippen LogP) is 3.81. The van der Waals surface area contributed by atoms with E-state index in [0.29, 0.717) is 10.7 Å². The van der Waals surface area contributed by atoms with E-state index in [4.69, 9.17) is 11.6 Å². The molecule has 20 heavy (non-hydrogen) atoms. The third kappa shape index (κ3) is 3.13. The van der Waals surface area contributed by atoms with Crippen LogP contribution in [-0.2, 0) is 0 Å². The highest BCUT2D eigenvalue weighted by Crippen LogP contribution is 2.21. The van der Waals surface area contributed by atoms with Gasteiger partial charge in [-0.15, -0.1) is 0 Å². The van der Waals surface area contributed by atoms with Gasteiger partial charge in [-0.1, -0.05) is 23.7 Å². The summed E-state index contributed by atoms with van der Waals surface area (Å²) in [6.07, 6.45) is 0. The molecule has 0 bridgehead atoms. The first-order valence-corrected chi connectivity index (χ1v) is 6.17. The van der Waals surface area contributed by atoms with Gasteiger partial charge < -0.3 is 5.32 Å². The topological polar surface area (TPSA) is 72.2 Å². The lowest BCUT2D eigenvalue weighted by atomic mass is 10.1. The molecule has 0 saturated heterocycles. The first-order valence-electron chi connectivity index (χ1n) is 5.79. The monoisotopic (exact) mass is 290 g/mol. The molecular weight excluding hydrogens is 280 g/mol. The molecule has 0 aliphatic rings. The molecule has 102 valence electrons. The van der Waals surface area contributed by atoms with Gasteiger partial charge in [0.25, 0.3) is 11.6 Å². The summed E-state index contributed by atoms with van der Waals surface area (Å²) in [5.74, 6) is -0.423. The fraction of sp³-hybridized carbons (Fsp3) is 0.0714. The van der Waals surface area contributed by atoms with Crippen LogP contribution in [0.1, 0.15) is 15.9 Å². The minimum atomic E-state index is -0.542. The Morgan fingerprint density at radius 2 is 2.00 bits per heavy atom. The molecule has 0 aliphatic carbocycles. The third-order valence-corrected chi connectivity index (χ3v) is 3.16. The Hall–Kier alpha value is -2.40. The van der Waals surface area contributed by atoms with E-state index >= 15 is 0 Å². The molecule has 0 atom stereocenters. The Kier molecular flexibility index (Phi) is 4.00. The highest BCUT2D eigenvalue weighted by atomic mass is 35.5. The molecule has 0 heterocycles. The van der Waals surface area contributed by atoms with Gasteiger partial charge >= 0.3 is 0 Å². The largest absolute Gasteiger partial charge is 0.322 e. The molecule has 0 unspecified atom stereocenters. The summed E-state index contributed by atoms with van der Waals surface area (Å²) in [6, 6.07) is 10.7. The fourth-order valence-electron chi connectivity index (χ4n) is 1.63. The first-order chi connectivity index (χ1) is 9.47. The van der Waals surface area contributed by atoms with Gasteiger partial charge in [0.2, 0.25) is 0 Å². The number of carbonyl (C=O) groups excluding carboxylic acids is 1. The molecule has 1 amide bonds. The van der Waals surface area contributed by atoms with Crippen LogP contribution in [0.5, 0.6) is 0 Å². The zero-order valence-corrected chi connectivity index (χ0v) is 11.3. The van der Waals surface area contributed by atoms with Gasteiger partial charge in [-0.05, 0) is 30.7 Å². The number of benzene rings is 2. The molecule has 0 aliphatic heterocycles. The maximum Gasteiger partial charge on any atom is 0.270 e. The molecule has 2 aromatic carbocycles. The van der Waals surface area contributed by atoms with Gasteiger partial charge in [-0.25, -0.2) is 0 Å². The van der Waals surface area contributed by atoms with Crippen LogP contribution in [0.4, 0.5) is 11.4 Å². The van der Waals surface area contributed by atoms with Crippen molar-refractivity contribution in [3.8, 4) is 0 Å². The van der Waals surface area contributed by atoms with Crippen molar-refractivity contribution in [2.24, 2.45) is 0 Å². The molecule has 2 aromatic rings. The van der Waals surface area contributed by atoms with Crippen LogP contribution in [0.3, 0.4) is 0 Å². The number of nitrogens with zero attached hydrogens (tertiary/aromatic N) is 1. The van der Waals surface area contributed by atoms with E-state index in [0.717, 1.165) is 5.56 Å². The van der Waals surface area contributed by atoms with Crippen LogP contribution >= 0.6 is 11.6 Å². The van der Waals surface area contributed by atoms with Crippen molar-refractivity contribution in [3.05, 3.63) is 68.7 Å². The number of halogens is 1. The van der Waals surface area contributed by atoms with Crippen molar-refractivity contribution in [3.63, 3.8) is 0 Å². The van der Waals surface area contributed by atoms with Gasteiger partial charge in [-0.3, -0.25) is 14.9 Å². The number of non-ortho nitro benzene ring substituents is 1. The number of anilines is 1. The molecule has 0 saturated carbocycles. The number of nitro groups is 1. The number of hydrogen-bond donors (Lipinski definition) is 1. The van der Waals surface area contributed by atoms with Crippen molar-refractivity contribution in [2.45, 2.75) is 6.92 Å². The normalized spacial score (nSPS) is 10.1. The quantitative estimate of drug-likeness (QED) is 0.690.